The summed E-state index contributed by atoms with van der Waals surface area (Å²) in [7, 11) is 0. The van der Waals surface area contributed by atoms with E-state index in [1.54, 1.807) is 11.1 Å². The molecular weight excluding hydrogens is 285 g/mol. The number of amides is 1. The van der Waals surface area contributed by atoms with Crippen molar-refractivity contribution >= 4 is 33.7 Å². The van der Waals surface area contributed by atoms with Gasteiger partial charge in [0, 0.05) is 18.4 Å². The second-order valence-corrected chi connectivity index (χ2v) is 5.38. The Balaban J connectivity index is 1.83. The van der Waals surface area contributed by atoms with Gasteiger partial charge in [-0.1, -0.05) is 0 Å². The number of anilines is 1. The van der Waals surface area contributed by atoms with Gasteiger partial charge in [-0.05, 0) is 31.0 Å². The van der Waals surface area contributed by atoms with Crippen LogP contribution in [0, 0.1) is 5.82 Å². The molecule has 1 aliphatic rings. The Kier molecular flexibility index (Phi) is 2.92. The highest BCUT2D eigenvalue weighted by Gasteiger charge is 2.20. The first-order valence-electron chi connectivity index (χ1n) is 7.21. The molecule has 7 heteroatoms. The van der Waals surface area contributed by atoms with E-state index < -0.39 is 0 Å². The van der Waals surface area contributed by atoms with Gasteiger partial charge in [0.1, 0.15) is 17.8 Å². The maximum atomic E-state index is 13.4. The van der Waals surface area contributed by atoms with Gasteiger partial charge in [-0.25, -0.2) is 14.4 Å². The quantitative estimate of drug-likeness (QED) is 0.763. The van der Waals surface area contributed by atoms with Crippen molar-refractivity contribution in [2.45, 2.75) is 19.3 Å². The molecule has 0 atom stereocenters. The number of nitrogens with one attached hydrogen (secondary N) is 2. The highest BCUT2D eigenvalue weighted by atomic mass is 19.1. The van der Waals surface area contributed by atoms with Crippen LogP contribution in [0.1, 0.15) is 19.3 Å². The van der Waals surface area contributed by atoms with Gasteiger partial charge in [-0.15, -0.1) is 0 Å². The molecule has 0 spiro atoms. The molecular formula is C15H14FN5O. The molecule has 1 saturated heterocycles. The van der Waals surface area contributed by atoms with Gasteiger partial charge >= 0.3 is 0 Å². The van der Waals surface area contributed by atoms with Crippen molar-refractivity contribution in [1.29, 1.82) is 0 Å². The fourth-order valence-corrected chi connectivity index (χ4v) is 2.84. The zero-order valence-electron chi connectivity index (χ0n) is 11.8. The first-order chi connectivity index (χ1) is 10.7. The van der Waals surface area contributed by atoms with Crippen LogP contribution < -0.4 is 5.43 Å². The Morgan fingerprint density at radius 2 is 2.18 bits per heavy atom. The number of aromatic amines is 1. The number of aromatic nitrogens is 3. The summed E-state index contributed by atoms with van der Waals surface area (Å²) in [4.78, 5) is 23.5. The van der Waals surface area contributed by atoms with Crippen molar-refractivity contribution in [2.75, 3.05) is 12.0 Å². The Labute approximate surface area is 125 Å². The lowest BCUT2D eigenvalue weighted by Gasteiger charge is -2.27. The van der Waals surface area contributed by atoms with Crippen molar-refractivity contribution in [1.82, 2.24) is 20.0 Å². The highest BCUT2D eigenvalue weighted by Crippen LogP contribution is 2.29. The van der Waals surface area contributed by atoms with E-state index in [9.17, 15) is 9.18 Å². The molecule has 6 nitrogen and oxygen atoms in total. The molecule has 112 valence electrons. The zero-order chi connectivity index (χ0) is 15.1. The summed E-state index contributed by atoms with van der Waals surface area (Å²) in [5, 5.41) is 3.17. The van der Waals surface area contributed by atoms with Crippen molar-refractivity contribution < 1.29 is 9.18 Å². The largest absolute Gasteiger partial charge is 0.339 e. The Hall–Kier alpha value is -2.70. The van der Waals surface area contributed by atoms with Gasteiger partial charge in [0.25, 0.3) is 0 Å². The number of H-pyrrole nitrogens is 1. The summed E-state index contributed by atoms with van der Waals surface area (Å²) in [5.74, 6) is 0.301. The third-order valence-electron chi connectivity index (χ3n) is 3.92. The van der Waals surface area contributed by atoms with Crippen LogP contribution in [0.5, 0.6) is 0 Å². The normalized spacial score (nSPS) is 15.7. The molecule has 2 N–H and O–H groups in total. The van der Waals surface area contributed by atoms with Crippen LogP contribution in [0.3, 0.4) is 0 Å². The van der Waals surface area contributed by atoms with Crippen molar-refractivity contribution in [3.8, 4) is 0 Å². The summed E-state index contributed by atoms with van der Waals surface area (Å²) >= 11 is 0. The van der Waals surface area contributed by atoms with Gasteiger partial charge in [0.05, 0.1) is 10.9 Å². The number of hydrazine groups is 1. The number of fused-ring (bicyclic) bond motifs is 3. The molecule has 2 aromatic heterocycles. The SMILES string of the molecule is O=C1CCCCN1Nc1ncnc2[nH]c3cc(F)ccc3c12. The van der Waals surface area contributed by atoms with E-state index in [2.05, 4.69) is 20.4 Å². The van der Waals surface area contributed by atoms with Crippen molar-refractivity contribution in [3.63, 3.8) is 0 Å². The molecule has 22 heavy (non-hydrogen) atoms. The third-order valence-corrected chi connectivity index (χ3v) is 3.92. The minimum absolute atomic E-state index is 0.0592. The Morgan fingerprint density at radius 1 is 1.27 bits per heavy atom. The number of hydrogen-bond donors (Lipinski definition) is 2. The van der Waals surface area contributed by atoms with Crippen LogP contribution in [0.4, 0.5) is 10.2 Å². The van der Waals surface area contributed by atoms with E-state index in [1.165, 1.54) is 18.5 Å². The summed E-state index contributed by atoms with van der Waals surface area (Å²) in [6.07, 6.45) is 3.85. The van der Waals surface area contributed by atoms with Crippen molar-refractivity contribution in [3.05, 3.63) is 30.3 Å². The first kappa shape index (κ1) is 13.0. The lowest BCUT2D eigenvalue weighted by atomic mass is 10.1. The maximum Gasteiger partial charge on any atom is 0.240 e. The van der Waals surface area contributed by atoms with Crippen LogP contribution >= 0.6 is 0 Å². The lowest BCUT2D eigenvalue weighted by Crippen LogP contribution is -2.40. The molecule has 0 saturated carbocycles. The molecule has 0 radical (unpaired) electrons. The summed E-state index contributed by atoms with van der Waals surface area (Å²) in [5.41, 5.74) is 4.35. The van der Waals surface area contributed by atoms with Crippen molar-refractivity contribution in [2.24, 2.45) is 0 Å². The number of rotatable bonds is 2. The van der Waals surface area contributed by atoms with E-state index in [4.69, 9.17) is 0 Å². The monoisotopic (exact) mass is 299 g/mol. The zero-order valence-corrected chi connectivity index (χ0v) is 11.8. The smallest absolute Gasteiger partial charge is 0.240 e. The summed E-state index contributed by atoms with van der Waals surface area (Å²) in [6, 6.07) is 4.52. The van der Waals surface area contributed by atoms with Crippen LogP contribution in [0.25, 0.3) is 21.9 Å². The average Bonchev–Trinajstić information content (AvgIpc) is 2.88. The molecule has 3 heterocycles. The second kappa shape index (κ2) is 4.94. The molecule has 0 unspecified atom stereocenters. The molecule has 0 aliphatic carbocycles. The van der Waals surface area contributed by atoms with E-state index in [0.29, 0.717) is 29.9 Å². The summed E-state index contributed by atoms with van der Waals surface area (Å²) in [6.45, 7) is 0.654. The van der Waals surface area contributed by atoms with Gasteiger partial charge < -0.3 is 4.98 Å². The molecule has 4 rings (SSSR count). The molecule has 1 amide bonds. The predicted molar refractivity (Wildman–Crippen MR) is 80.5 cm³/mol. The number of hydrogen-bond acceptors (Lipinski definition) is 4. The third kappa shape index (κ3) is 2.05. The number of carbonyl (C=O) groups is 1. The number of carbonyl (C=O) groups excluding carboxylic acids is 1. The fraction of sp³-hybridized carbons (Fsp3) is 0.267. The lowest BCUT2D eigenvalue weighted by molar-refractivity contribution is -0.131. The number of halogens is 1. The van der Waals surface area contributed by atoms with Gasteiger partial charge in [-0.3, -0.25) is 15.2 Å². The average molecular weight is 299 g/mol. The molecule has 1 aliphatic heterocycles. The Morgan fingerprint density at radius 3 is 3.05 bits per heavy atom. The van der Waals surface area contributed by atoms with Crippen LogP contribution in [0.2, 0.25) is 0 Å². The fourth-order valence-electron chi connectivity index (χ4n) is 2.84. The number of piperidine rings is 1. The van der Waals surface area contributed by atoms with Gasteiger partial charge in [0.15, 0.2) is 5.82 Å². The second-order valence-electron chi connectivity index (χ2n) is 5.38. The maximum absolute atomic E-state index is 13.4. The van der Waals surface area contributed by atoms with Crippen LogP contribution in [0.15, 0.2) is 24.5 Å². The Bertz CT molecular complexity index is 875. The topological polar surface area (TPSA) is 73.9 Å². The minimum Gasteiger partial charge on any atom is -0.339 e. The molecule has 1 fully saturated rings. The van der Waals surface area contributed by atoms with Crippen LogP contribution in [-0.2, 0) is 4.79 Å². The number of nitrogens with zero attached hydrogens (tertiary/aromatic N) is 3. The first-order valence-corrected chi connectivity index (χ1v) is 7.21. The van der Waals surface area contributed by atoms with Crippen LogP contribution in [-0.4, -0.2) is 32.4 Å². The predicted octanol–water partition coefficient (Wildman–Crippen LogP) is 2.59. The van der Waals surface area contributed by atoms with Gasteiger partial charge in [-0.2, -0.15) is 0 Å². The summed E-state index contributed by atoms with van der Waals surface area (Å²) < 4.78 is 13.4. The molecule has 0 bridgehead atoms. The minimum atomic E-state index is -0.312. The van der Waals surface area contributed by atoms with Gasteiger partial charge in [0.2, 0.25) is 5.91 Å². The number of benzene rings is 1. The standard InChI is InChI=1S/C15H14FN5O/c16-9-4-5-10-11(7-9)19-14-13(10)15(18-8-17-14)20-21-6-2-1-3-12(21)22/h4-5,7-8H,1-3,6H2,(H2,17,18,19,20). The highest BCUT2D eigenvalue weighted by molar-refractivity contribution is 6.11. The van der Waals surface area contributed by atoms with E-state index in [0.717, 1.165) is 23.6 Å². The van der Waals surface area contributed by atoms with E-state index >= 15 is 0 Å². The molecule has 1 aromatic carbocycles. The van der Waals surface area contributed by atoms with E-state index in [1.807, 2.05) is 0 Å². The molecule has 3 aromatic rings. The van der Waals surface area contributed by atoms with E-state index in [-0.39, 0.29) is 11.7 Å².